The Morgan fingerprint density at radius 1 is 1.25 bits per heavy atom. The molecular weight excluding hydrogens is 320 g/mol. The Kier molecular flexibility index (Phi) is 5.12. The van der Waals surface area contributed by atoms with Gasteiger partial charge in [0.1, 0.15) is 6.61 Å². The van der Waals surface area contributed by atoms with Crippen LogP contribution in [0.1, 0.15) is 17.0 Å². The van der Waals surface area contributed by atoms with Crippen LogP contribution < -0.4 is 5.32 Å². The molecule has 0 spiro atoms. The molecule has 20 heavy (non-hydrogen) atoms. The molecule has 4 nitrogen and oxygen atoms in total. The molecule has 0 fully saturated rings. The van der Waals surface area contributed by atoms with Crippen molar-refractivity contribution in [2.45, 2.75) is 20.1 Å². The summed E-state index contributed by atoms with van der Waals surface area (Å²) in [5.74, 6) is 0. The van der Waals surface area contributed by atoms with Crippen molar-refractivity contribution in [3.05, 3.63) is 63.9 Å². The molecule has 1 N–H and O–H groups in total. The van der Waals surface area contributed by atoms with Crippen LogP contribution in [0.25, 0.3) is 0 Å². The van der Waals surface area contributed by atoms with Crippen molar-refractivity contribution in [2.75, 3.05) is 0 Å². The van der Waals surface area contributed by atoms with Gasteiger partial charge in [0.15, 0.2) is 0 Å². The van der Waals surface area contributed by atoms with Gasteiger partial charge in [-0.2, -0.15) is 0 Å². The molecule has 0 radical (unpaired) electrons. The third-order valence-electron chi connectivity index (χ3n) is 2.71. The van der Waals surface area contributed by atoms with E-state index in [1.807, 2.05) is 49.4 Å². The van der Waals surface area contributed by atoms with Gasteiger partial charge in [0, 0.05) is 4.47 Å². The maximum absolute atomic E-state index is 11.6. The third kappa shape index (κ3) is 4.35. The van der Waals surface area contributed by atoms with E-state index in [-0.39, 0.29) is 6.61 Å². The van der Waals surface area contributed by atoms with Crippen LogP contribution >= 0.6 is 15.9 Å². The van der Waals surface area contributed by atoms with E-state index in [4.69, 9.17) is 4.74 Å². The molecule has 1 aromatic heterocycles. The molecule has 0 aliphatic rings. The average molecular weight is 335 g/mol. The second kappa shape index (κ2) is 7.05. The van der Waals surface area contributed by atoms with E-state index in [1.54, 1.807) is 0 Å². The van der Waals surface area contributed by atoms with Gasteiger partial charge in [-0.25, -0.2) is 4.79 Å². The quantitative estimate of drug-likeness (QED) is 0.929. The summed E-state index contributed by atoms with van der Waals surface area (Å²) >= 11 is 3.39. The molecule has 0 aliphatic carbocycles. The van der Waals surface area contributed by atoms with Crippen molar-refractivity contribution in [1.82, 2.24) is 10.3 Å². The van der Waals surface area contributed by atoms with E-state index in [2.05, 4.69) is 26.2 Å². The van der Waals surface area contributed by atoms with E-state index < -0.39 is 6.09 Å². The van der Waals surface area contributed by atoms with E-state index in [0.717, 1.165) is 21.4 Å². The Morgan fingerprint density at radius 3 is 2.70 bits per heavy atom. The molecule has 0 saturated heterocycles. The van der Waals surface area contributed by atoms with Crippen LogP contribution in [0.2, 0.25) is 0 Å². The first-order chi connectivity index (χ1) is 9.65. The standard InChI is InChI=1S/C15H15BrN2O2/c1-11-14(16)8-7-13(18-11)9-17-15(19)20-10-12-5-3-2-4-6-12/h2-8H,9-10H2,1H3,(H,17,19). The van der Waals surface area contributed by atoms with Gasteiger partial charge in [-0.1, -0.05) is 30.3 Å². The number of carbonyl (C=O) groups excluding carboxylic acids is 1. The minimum atomic E-state index is -0.448. The van der Waals surface area contributed by atoms with E-state index in [9.17, 15) is 4.79 Å². The van der Waals surface area contributed by atoms with Crippen LogP contribution in [0.4, 0.5) is 4.79 Å². The first-order valence-electron chi connectivity index (χ1n) is 6.22. The second-order valence-corrected chi connectivity index (χ2v) is 5.14. The fourth-order valence-electron chi connectivity index (χ4n) is 1.63. The van der Waals surface area contributed by atoms with Crippen molar-refractivity contribution in [3.63, 3.8) is 0 Å². The minimum Gasteiger partial charge on any atom is -0.445 e. The van der Waals surface area contributed by atoms with Gasteiger partial charge in [0.25, 0.3) is 0 Å². The van der Waals surface area contributed by atoms with Gasteiger partial charge in [-0.15, -0.1) is 0 Å². The first-order valence-corrected chi connectivity index (χ1v) is 7.01. The molecule has 2 aromatic rings. The summed E-state index contributed by atoms with van der Waals surface area (Å²) in [6.45, 7) is 2.52. The maximum atomic E-state index is 11.6. The molecule has 1 amide bonds. The molecule has 0 saturated carbocycles. The smallest absolute Gasteiger partial charge is 0.407 e. The number of hydrogen-bond donors (Lipinski definition) is 1. The maximum Gasteiger partial charge on any atom is 0.407 e. The van der Waals surface area contributed by atoms with Crippen LogP contribution in [0.15, 0.2) is 46.9 Å². The number of pyridine rings is 1. The number of aryl methyl sites for hydroxylation is 1. The van der Waals surface area contributed by atoms with Crippen molar-refractivity contribution in [3.8, 4) is 0 Å². The highest BCUT2D eigenvalue weighted by atomic mass is 79.9. The molecule has 5 heteroatoms. The topological polar surface area (TPSA) is 51.2 Å². The second-order valence-electron chi connectivity index (χ2n) is 4.29. The van der Waals surface area contributed by atoms with Crippen molar-refractivity contribution >= 4 is 22.0 Å². The lowest BCUT2D eigenvalue weighted by molar-refractivity contribution is 0.139. The zero-order valence-corrected chi connectivity index (χ0v) is 12.7. The lowest BCUT2D eigenvalue weighted by atomic mass is 10.2. The summed E-state index contributed by atoms with van der Waals surface area (Å²) in [5.41, 5.74) is 2.64. The number of hydrogen-bond acceptors (Lipinski definition) is 3. The van der Waals surface area contributed by atoms with E-state index in [0.29, 0.717) is 6.54 Å². The van der Waals surface area contributed by atoms with Gasteiger partial charge < -0.3 is 10.1 Å². The van der Waals surface area contributed by atoms with E-state index >= 15 is 0 Å². The van der Waals surface area contributed by atoms with Crippen LogP contribution in [0.3, 0.4) is 0 Å². The molecule has 1 aromatic carbocycles. The van der Waals surface area contributed by atoms with Crippen molar-refractivity contribution < 1.29 is 9.53 Å². The fourth-order valence-corrected chi connectivity index (χ4v) is 1.85. The predicted octanol–water partition coefficient (Wildman–Crippen LogP) is 3.58. The first kappa shape index (κ1) is 14.5. The van der Waals surface area contributed by atoms with Crippen LogP contribution in [0.5, 0.6) is 0 Å². The number of alkyl carbamates (subject to hydrolysis) is 1. The van der Waals surface area contributed by atoms with Crippen molar-refractivity contribution in [1.29, 1.82) is 0 Å². The molecule has 1 heterocycles. The highest BCUT2D eigenvalue weighted by Gasteiger charge is 2.04. The van der Waals surface area contributed by atoms with Crippen LogP contribution in [-0.2, 0) is 17.9 Å². The largest absolute Gasteiger partial charge is 0.445 e. The number of rotatable bonds is 4. The van der Waals surface area contributed by atoms with Crippen LogP contribution in [0, 0.1) is 6.92 Å². The lowest BCUT2D eigenvalue weighted by Crippen LogP contribution is -2.24. The molecule has 0 unspecified atom stereocenters. The third-order valence-corrected chi connectivity index (χ3v) is 3.54. The predicted molar refractivity (Wildman–Crippen MR) is 80.1 cm³/mol. The highest BCUT2D eigenvalue weighted by Crippen LogP contribution is 2.13. The number of nitrogens with one attached hydrogen (secondary N) is 1. The van der Waals surface area contributed by atoms with Gasteiger partial charge in [-0.3, -0.25) is 4.98 Å². The number of benzene rings is 1. The number of amides is 1. The number of ether oxygens (including phenoxy) is 1. The molecule has 0 atom stereocenters. The molecular formula is C15H15BrN2O2. The van der Waals surface area contributed by atoms with E-state index in [1.165, 1.54) is 0 Å². The molecule has 0 bridgehead atoms. The monoisotopic (exact) mass is 334 g/mol. The Hall–Kier alpha value is -1.88. The summed E-state index contributed by atoms with van der Waals surface area (Å²) in [5, 5.41) is 2.68. The Bertz CT molecular complexity index is 588. The summed E-state index contributed by atoms with van der Waals surface area (Å²) in [6, 6.07) is 13.3. The average Bonchev–Trinajstić information content (AvgIpc) is 2.47. The minimum absolute atomic E-state index is 0.263. The SMILES string of the molecule is Cc1nc(CNC(=O)OCc2ccccc2)ccc1Br. The normalized spacial score (nSPS) is 10.1. The molecule has 104 valence electrons. The van der Waals surface area contributed by atoms with Gasteiger partial charge >= 0.3 is 6.09 Å². The fraction of sp³-hybridized carbons (Fsp3) is 0.200. The summed E-state index contributed by atoms with van der Waals surface area (Å²) in [4.78, 5) is 15.9. The van der Waals surface area contributed by atoms with Gasteiger partial charge in [-0.05, 0) is 40.5 Å². The van der Waals surface area contributed by atoms with Crippen molar-refractivity contribution in [2.24, 2.45) is 0 Å². The Morgan fingerprint density at radius 2 is 2.00 bits per heavy atom. The summed E-state index contributed by atoms with van der Waals surface area (Å²) < 4.78 is 6.07. The number of aromatic nitrogens is 1. The number of nitrogens with zero attached hydrogens (tertiary/aromatic N) is 1. The zero-order chi connectivity index (χ0) is 14.4. The molecule has 0 aliphatic heterocycles. The summed E-state index contributed by atoms with van der Waals surface area (Å²) in [7, 11) is 0. The number of carbonyl (C=O) groups is 1. The Labute approximate surface area is 126 Å². The lowest BCUT2D eigenvalue weighted by Gasteiger charge is -2.07. The van der Waals surface area contributed by atoms with Gasteiger partial charge in [0.2, 0.25) is 0 Å². The molecule has 2 rings (SSSR count). The van der Waals surface area contributed by atoms with Gasteiger partial charge in [0.05, 0.1) is 17.9 Å². The highest BCUT2D eigenvalue weighted by molar-refractivity contribution is 9.10. The number of halogens is 1. The summed E-state index contributed by atoms with van der Waals surface area (Å²) in [6.07, 6.45) is -0.448. The zero-order valence-electron chi connectivity index (χ0n) is 11.1. The van der Waals surface area contributed by atoms with Crippen LogP contribution in [-0.4, -0.2) is 11.1 Å². The Balaban J connectivity index is 1.79.